The number of anilines is 1. The minimum atomic E-state index is -4.69. The first kappa shape index (κ1) is 15.1. The maximum absolute atomic E-state index is 11.9. The second kappa shape index (κ2) is 6.86. The van der Waals surface area contributed by atoms with Crippen molar-refractivity contribution < 1.29 is 22.7 Å². The highest BCUT2D eigenvalue weighted by molar-refractivity contribution is 5.76. The van der Waals surface area contributed by atoms with E-state index in [1.807, 2.05) is 6.92 Å². The molecular weight excluding hydrogens is 261 g/mol. The molecule has 0 aliphatic heterocycles. The lowest BCUT2D eigenvalue weighted by Gasteiger charge is -2.10. The van der Waals surface area contributed by atoms with Gasteiger partial charge in [-0.2, -0.15) is 0 Å². The van der Waals surface area contributed by atoms with Gasteiger partial charge in [0.2, 0.25) is 5.91 Å². The summed E-state index contributed by atoms with van der Waals surface area (Å²) in [6.07, 6.45) is -4.39. The number of carbonyl (C=O) groups is 1. The van der Waals surface area contributed by atoms with Crippen molar-refractivity contribution in [1.82, 2.24) is 5.32 Å². The van der Waals surface area contributed by atoms with Crippen LogP contribution in [0.5, 0.6) is 5.75 Å². The van der Waals surface area contributed by atoms with Crippen molar-refractivity contribution in [3.8, 4) is 5.75 Å². The first-order valence-corrected chi connectivity index (χ1v) is 5.77. The first-order chi connectivity index (χ1) is 8.90. The molecule has 0 radical (unpaired) electrons. The van der Waals surface area contributed by atoms with Gasteiger partial charge < -0.3 is 15.4 Å². The fourth-order valence-electron chi connectivity index (χ4n) is 1.38. The Bertz CT molecular complexity index is 404. The normalized spacial score (nSPS) is 10.9. The Morgan fingerprint density at radius 1 is 1.26 bits per heavy atom. The summed E-state index contributed by atoms with van der Waals surface area (Å²) in [5.41, 5.74) is 0.624. The van der Waals surface area contributed by atoms with Crippen LogP contribution in [0.15, 0.2) is 24.3 Å². The van der Waals surface area contributed by atoms with Crippen molar-refractivity contribution in [3.05, 3.63) is 24.3 Å². The highest BCUT2D eigenvalue weighted by Crippen LogP contribution is 2.23. The minimum Gasteiger partial charge on any atom is -0.406 e. The van der Waals surface area contributed by atoms with Gasteiger partial charge in [0, 0.05) is 25.2 Å². The molecule has 0 spiro atoms. The molecule has 19 heavy (non-hydrogen) atoms. The molecule has 0 bridgehead atoms. The molecule has 1 aromatic carbocycles. The molecule has 0 aromatic heterocycles. The Balaban J connectivity index is 2.38. The predicted octanol–water partition coefficient (Wildman–Crippen LogP) is 2.52. The van der Waals surface area contributed by atoms with Gasteiger partial charge in [0.05, 0.1) is 0 Å². The Morgan fingerprint density at radius 3 is 2.42 bits per heavy atom. The number of alkyl halides is 3. The number of carbonyl (C=O) groups excluding carboxylic acids is 1. The zero-order valence-corrected chi connectivity index (χ0v) is 10.4. The Labute approximate surface area is 108 Å². The van der Waals surface area contributed by atoms with Crippen LogP contribution in [0.1, 0.15) is 13.3 Å². The largest absolute Gasteiger partial charge is 0.573 e. The summed E-state index contributed by atoms with van der Waals surface area (Å²) >= 11 is 0. The van der Waals surface area contributed by atoms with E-state index < -0.39 is 6.36 Å². The maximum Gasteiger partial charge on any atom is 0.573 e. The number of ether oxygens (including phenoxy) is 1. The third-order valence-corrected chi connectivity index (χ3v) is 2.14. The third-order valence-electron chi connectivity index (χ3n) is 2.14. The lowest BCUT2D eigenvalue weighted by atomic mass is 10.3. The van der Waals surface area contributed by atoms with Gasteiger partial charge >= 0.3 is 6.36 Å². The van der Waals surface area contributed by atoms with Crippen LogP contribution < -0.4 is 15.4 Å². The molecule has 106 valence electrons. The summed E-state index contributed by atoms with van der Waals surface area (Å²) in [4.78, 5) is 11.1. The van der Waals surface area contributed by atoms with Crippen molar-refractivity contribution in [2.24, 2.45) is 0 Å². The van der Waals surface area contributed by atoms with Crippen LogP contribution in [-0.4, -0.2) is 25.4 Å². The number of nitrogens with one attached hydrogen (secondary N) is 2. The summed E-state index contributed by atoms with van der Waals surface area (Å²) < 4.78 is 39.5. The second-order valence-corrected chi connectivity index (χ2v) is 3.70. The van der Waals surface area contributed by atoms with Crippen LogP contribution in [0, 0.1) is 0 Å². The highest BCUT2D eigenvalue weighted by atomic mass is 19.4. The van der Waals surface area contributed by atoms with Crippen LogP contribution >= 0.6 is 0 Å². The van der Waals surface area contributed by atoms with E-state index >= 15 is 0 Å². The number of halogens is 3. The second-order valence-electron chi connectivity index (χ2n) is 3.70. The van der Waals surface area contributed by atoms with Gasteiger partial charge in [0.15, 0.2) is 0 Å². The van der Waals surface area contributed by atoms with E-state index in [1.165, 1.54) is 24.3 Å². The first-order valence-electron chi connectivity index (χ1n) is 5.77. The smallest absolute Gasteiger partial charge is 0.406 e. The fraction of sp³-hybridized carbons (Fsp3) is 0.417. The average Bonchev–Trinajstić information content (AvgIpc) is 2.30. The molecule has 0 saturated carbocycles. The summed E-state index contributed by atoms with van der Waals surface area (Å²) in [5, 5.41) is 5.57. The number of hydrogen-bond donors (Lipinski definition) is 2. The monoisotopic (exact) mass is 276 g/mol. The average molecular weight is 276 g/mol. The minimum absolute atomic E-state index is 0.0768. The Morgan fingerprint density at radius 2 is 1.89 bits per heavy atom. The van der Waals surface area contributed by atoms with Gasteiger partial charge in [-0.15, -0.1) is 13.2 Å². The topological polar surface area (TPSA) is 50.4 Å². The molecule has 0 unspecified atom stereocenters. The molecule has 2 N–H and O–H groups in total. The van der Waals surface area contributed by atoms with Crippen LogP contribution in [-0.2, 0) is 4.79 Å². The quantitative estimate of drug-likeness (QED) is 0.839. The molecule has 0 fully saturated rings. The fourth-order valence-corrected chi connectivity index (χ4v) is 1.38. The number of hydrogen-bond acceptors (Lipinski definition) is 3. The molecule has 1 rings (SSSR count). The van der Waals surface area contributed by atoms with Crippen LogP contribution in [0.4, 0.5) is 18.9 Å². The van der Waals surface area contributed by atoms with E-state index in [0.29, 0.717) is 25.2 Å². The maximum atomic E-state index is 11.9. The number of rotatable bonds is 6. The van der Waals surface area contributed by atoms with E-state index in [2.05, 4.69) is 15.4 Å². The van der Waals surface area contributed by atoms with Gasteiger partial charge in [0.25, 0.3) is 0 Å². The standard InChI is InChI=1S/C12H15F3N2O2/c1-2-16-11(18)7-8-17-9-3-5-10(6-4-9)19-12(13,14)15/h3-6,17H,2,7-8H2,1H3,(H,16,18). The molecule has 0 heterocycles. The molecule has 0 atom stereocenters. The van der Waals surface area contributed by atoms with Crippen molar-refractivity contribution in [2.75, 3.05) is 18.4 Å². The van der Waals surface area contributed by atoms with Crippen molar-refractivity contribution in [2.45, 2.75) is 19.7 Å². The zero-order valence-electron chi connectivity index (χ0n) is 10.4. The van der Waals surface area contributed by atoms with Gasteiger partial charge in [-0.05, 0) is 31.2 Å². The lowest BCUT2D eigenvalue weighted by Crippen LogP contribution is -2.24. The lowest BCUT2D eigenvalue weighted by molar-refractivity contribution is -0.274. The van der Waals surface area contributed by atoms with Gasteiger partial charge in [0.1, 0.15) is 5.75 Å². The van der Waals surface area contributed by atoms with Crippen LogP contribution in [0.25, 0.3) is 0 Å². The summed E-state index contributed by atoms with van der Waals surface area (Å²) in [5.74, 6) is -0.353. The van der Waals surface area contributed by atoms with E-state index in [0.717, 1.165) is 0 Å². The van der Waals surface area contributed by atoms with Gasteiger partial charge in [-0.25, -0.2) is 0 Å². The van der Waals surface area contributed by atoms with Crippen LogP contribution in [0.2, 0.25) is 0 Å². The number of amides is 1. The molecule has 1 aromatic rings. The summed E-state index contributed by atoms with van der Waals surface area (Å²) in [7, 11) is 0. The van der Waals surface area contributed by atoms with E-state index in [1.54, 1.807) is 0 Å². The zero-order chi connectivity index (χ0) is 14.3. The van der Waals surface area contributed by atoms with Crippen molar-refractivity contribution >= 4 is 11.6 Å². The summed E-state index contributed by atoms with van der Waals surface area (Å²) in [6, 6.07) is 5.33. The molecule has 7 heteroatoms. The van der Waals surface area contributed by atoms with Crippen LogP contribution in [0.3, 0.4) is 0 Å². The molecule has 1 amide bonds. The Hall–Kier alpha value is -1.92. The predicted molar refractivity (Wildman–Crippen MR) is 64.9 cm³/mol. The molecule has 0 aliphatic rings. The molecule has 0 saturated heterocycles. The molecule has 4 nitrogen and oxygen atoms in total. The SMILES string of the molecule is CCNC(=O)CCNc1ccc(OC(F)(F)F)cc1. The van der Waals surface area contributed by atoms with E-state index in [9.17, 15) is 18.0 Å². The van der Waals surface area contributed by atoms with E-state index in [4.69, 9.17) is 0 Å². The van der Waals surface area contributed by atoms with Crippen molar-refractivity contribution in [1.29, 1.82) is 0 Å². The Kier molecular flexibility index (Phi) is 5.47. The molecular formula is C12H15F3N2O2. The number of benzene rings is 1. The summed E-state index contributed by atoms with van der Waals surface area (Å²) in [6.45, 7) is 2.80. The molecule has 0 aliphatic carbocycles. The highest BCUT2D eigenvalue weighted by Gasteiger charge is 2.30. The van der Waals surface area contributed by atoms with Crippen molar-refractivity contribution in [3.63, 3.8) is 0 Å². The van der Waals surface area contributed by atoms with E-state index in [-0.39, 0.29) is 11.7 Å². The van der Waals surface area contributed by atoms with Gasteiger partial charge in [-0.3, -0.25) is 4.79 Å². The third kappa shape index (κ3) is 6.54. The van der Waals surface area contributed by atoms with Gasteiger partial charge in [-0.1, -0.05) is 0 Å².